The van der Waals surface area contributed by atoms with Crippen LogP contribution in [-0.4, -0.2) is 61.5 Å². The van der Waals surface area contributed by atoms with Crippen molar-refractivity contribution in [2.24, 2.45) is 11.7 Å². The summed E-state index contributed by atoms with van der Waals surface area (Å²) in [6.45, 7) is 14.5. The monoisotopic (exact) mass is 583 g/mol. The first-order chi connectivity index (χ1) is 19.2. The molecular formula is C29H45NO11. The summed E-state index contributed by atoms with van der Waals surface area (Å²) in [5.74, 6) is -0.571. The maximum absolute atomic E-state index is 12.6. The van der Waals surface area contributed by atoms with Gasteiger partial charge in [-0.1, -0.05) is 33.8 Å². The molecule has 0 radical (unpaired) electrons. The van der Waals surface area contributed by atoms with E-state index >= 15 is 0 Å². The van der Waals surface area contributed by atoms with Gasteiger partial charge in [0.15, 0.2) is 11.5 Å². The average molecular weight is 584 g/mol. The fourth-order valence-electron chi connectivity index (χ4n) is 2.93. The highest BCUT2D eigenvalue weighted by molar-refractivity contribution is 5.76. The van der Waals surface area contributed by atoms with E-state index in [4.69, 9.17) is 38.9 Å². The molecule has 12 nitrogen and oxygen atoms in total. The van der Waals surface area contributed by atoms with Gasteiger partial charge in [0.1, 0.15) is 30.5 Å². The number of hydrogen-bond donors (Lipinski definition) is 1. The molecule has 5 atom stereocenters. The number of esters is 1. The molecule has 0 bridgehead atoms. The Morgan fingerprint density at radius 2 is 1.27 bits per heavy atom. The zero-order chi connectivity index (χ0) is 31.1. The number of carbonyl (C=O) groups excluding carboxylic acids is 4. The van der Waals surface area contributed by atoms with Crippen molar-refractivity contribution in [2.45, 2.75) is 112 Å². The van der Waals surface area contributed by atoms with Crippen LogP contribution >= 0.6 is 0 Å². The number of hydrogen-bond acceptors (Lipinski definition) is 12. The normalized spacial score (nSPS) is 14.6. The Hall–Kier alpha value is -3.54. The lowest BCUT2D eigenvalue weighted by Crippen LogP contribution is -2.39. The molecule has 0 saturated carbocycles. The molecule has 2 N–H and O–H groups in total. The zero-order valence-corrected chi connectivity index (χ0v) is 25.3. The first-order valence-corrected chi connectivity index (χ1v) is 13.9. The lowest BCUT2D eigenvalue weighted by atomic mass is 10.1. The van der Waals surface area contributed by atoms with Gasteiger partial charge in [0.05, 0.1) is 6.61 Å². The van der Waals surface area contributed by atoms with E-state index in [1.807, 2.05) is 27.7 Å². The lowest BCUT2D eigenvalue weighted by Gasteiger charge is -2.22. The molecule has 0 heterocycles. The molecule has 0 aromatic heterocycles. The minimum Gasteiger partial charge on any atom is -0.458 e. The maximum atomic E-state index is 12.6. The zero-order valence-electron chi connectivity index (χ0n) is 25.3. The van der Waals surface area contributed by atoms with Crippen molar-refractivity contribution < 1.29 is 52.3 Å². The van der Waals surface area contributed by atoms with E-state index in [1.54, 1.807) is 33.8 Å². The maximum Gasteiger partial charge on any atom is 0.514 e. The van der Waals surface area contributed by atoms with Crippen LogP contribution in [0, 0.1) is 5.92 Å². The predicted molar refractivity (Wildman–Crippen MR) is 149 cm³/mol. The third-order valence-corrected chi connectivity index (χ3v) is 6.06. The van der Waals surface area contributed by atoms with E-state index in [0.717, 1.165) is 0 Å². The van der Waals surface area contributed by atoms with Crippen molar-refractivity contribution in [2.75, 3.05) is 6.61 Å². The number of ether oxygens (including phenoxy) is 7. The second-order valence-corrected chi connectivity index (χ2v) is 10.2. The van der Waals surface area contributed by atoms with Gasteiger partial charge in [-0.3, -0.25) is 4.79 Å². The summed E-state index contributed by atoms with van der Waals surface area (Å²) in [5, 5.41) is 0. The Kier molecular flexibility index (Phi) is 15.6. The Bertz CT molecular complexity index is 997. The summed E-state index contributed by atoms with van der Waals surface area (Å²) >= 11 is 0. The summed E-state index contributed by atoms with van der Waals surface area (Å²) in [5.41, 5.74) is 6.55. The van der Waals surface area contributed by atoms with Crippen LogP contribution < -0.4 is 15.2 Å². The molecule has 0 saturated heterocycles. The SMILES string of the molecule is CCC(C)OC(=O)Oc1ccc(C[C@H](N)C(=O)O[C@@H](C)[C@H](C)OC(=O)OCCC(C)C)cc1OC(=O)OC(C)CC. The van der Waals surface area contributed by atoms with E-state index in [1.165, 1.54) is 12.1 Å². The molecule has 12 heteroatoms. The summed E-state index contributed by atoms with van der Waals surface area (Å²) < 4.78 is 36.4. The van der Waals surface area contributed by atoms with Gasteiger partial charge >= 0.3 is 24.4 Å². The quantitative estimate of drug-likeness (QED) is 0.153. The van der Waals surface area contributed by atoms with Crippen LogP contribution in [-0.2, 0) is 34.9 Å². The third-order valence-electron chi connectivity index (χ3n) is 6.06. The molecule has 0 fully saturated rings. The van der Waals surface area contributed by atoms with Gasteiger partial charge in [0.25, 0.3) is 0 Å². The van der Waals surface area contributed by atoms with Crippen LogP contribution in [0.15, 0.2) is 18.2 Å². The summed E-state index contributed by atoms with van der Waals surface area (Å²) in [6.07, 6.45) is -3.32. The molecule has 0 aliphatic heterocycles. The predicted octanol–water partition coefficient (Wildman–Crippen LogP) is 5.70. The lowest BCUT2D eigenvalue weighted by molar-refractivity contribution is -0.155. The fraction of sp³-hybridized carbons (Fsp3) is 0.655. The summed E-state index contributed by atoms with van der Waals surface area (Å²) in [6, 6.07) is 3.23. The van der Waals surface area contributed by atoms with Gasteiger partial charge in [0.2, 0.25) is 0 Å². The van der Waals surface area contributed by atoms with E-state index in [2.05, 4.69) is 0 Å². The number of carbonyl (C=O) groups is 4. The van der Waals surface area contributed by atoms with E-state index in [9.17, 15) is 19.2 Å². The van der Waals surface area contributed by atoms with Crippen LogP contribution in [0.1, 0.15) is 80.2 Å². The molecule has 0 aliphatic rings. The second kappa shape index (κ2) is 18.0. The summed E-state index contributed by atoms with van der Waals surface area (Å²) in [7, 11) is 0. The minimum absolute atomic E-state index is 0.00754. The molecule has 41 heavy (non-hydrogen) atoms. The summed E-state index contributed by atoms with van der Waals surface area (Å²) in [4.78, 5) is 48.9. The van der Waals surface area contributed by atoms with Gasteiger partial charge in [0, 0.05) is 0 Å². The van der Waals surface area contributed by atoms with Gasteiger partial charge in [-0.05, 0) is 77.0 Å². The highest BCUT2D eigenvalue weighted by Gasteiger charge is 2.26. The Balaban J connectivity index is 2.88. The largest absolute Gasteiger partial charge is 0.514 e. The first-order valence-electron chi connectivity index (χ1n) is 13.9. The minimum atomic E-state index is -1.11. The molecule has 232 valence electrons. The van der Waals surface area contributed by atoms with Crippen molar-refractivity contribution in [3.05, 3.63) is 23.8 Å². The van der Waals surface area contributed by atoms with Crippen LogP contribution in [0.2, 0.25) is 0 Å². The molecule has 1 aromatic rings. The van der Waals surface area contributed by atoms with Crippen LogP contribution in [0.5, 0.6) is 11.5 Å². The van der Waals surface area contributed by atoms with Crippen molar-refractivity contribution in [3.63, 3.8) is 0 Å². The number of benzene rings is 1. The van der Waals surface area contributed by atoms with Crippen LogP contribution in [0.4, 0.5) is 14.4 Å². The Labute approximate surface area is 242 Å². The molecule has 0 amide bonds. The molecule has 1 aromatic carbocycles. The van der Waals surface area contributed by atoms with Crippen molar-refractivity contribution in [3.8, 4) is 11.5 Å². The topological polar surface area (TPSA) is 159 Å². The van der Waals surface area contributed by atoms with Gasteiger partial charge < -0.3 is 38.9 Å². The third kappa shape index (κ3) is 14.1. The molecule has 2 unspecified atom stereocenters. The first kappa shape index (κ1) is 35.5. The average Bonchev–Trinajstić information content (AvgIpc) is 2.89. The Morgan fingerprint density at radius 3 is 1.80 bits per heavy atom. The van der Waals surface area contributed by atoms with Gasteiger partial charge in [-0.2, -0.15) is 0 Å². The highest BCUT2D eigenvalue weighted by atomic mass is 16.8. The molecular weight excluding hydrogens is 538 g/mol. The Morgan fingerprint density at radius 1 is 0.732 bits per heavy atom. The molecule has 1 rings (SSSR count). The van der Waals surface area contributed by atoms with Crippen LogP contribution in [0.3, 0.4) is 0 Å². The van der Waals surface area contributed by atoms with E-state index in [-0.39, 0.29) is 30.6 Å². The number of nitrogens with two attached hydrogens (primary N) is 1. The van der Waals surface area contributed by atoms with E-state index < -0.39 is 48.8 Å². The molecule has 0 spiro atoms. The van der Waals surface area contributed by atoms with Crippen molar-refractivity contribution in [1.82, 2.24) is 0 Å². The van der Waals surface area contributed by atoms with E-state index in [0.29, 0.717) is 30.7 Å². The standard InChI is InChI=1S/C29H45NO11/c1-9-18(5)36-28(33)40-24-12-11-22(16-25(24)41-29(34)37-19(6)10-2)15-23(30)26(31)38-20(7)21(8)39-27(32)35-14-13-17(3)4/h11-12,16-21,23H,9-10,13-15,30H2,1-8H3/t18?,19?,20-,21-,23-/m0/s1. The second-order valence-electron chi connectivity index (χ2n) is 10.2. The van der Waals surface area contributed by atoms with Gasteiger partial charge in [-0.25, -0.2) is 14.4 Å². The van der Waals surface area contributed by atoms with Gasteiger partial charge in [-0.15, -0.1) is 0 Å². The highest BCUT2D eigenvalue weighted by Crippen LogP contribution is 2.30. The van der Waals surface area contributed by atoms with Crippen molar-refractivity contribution in [1.29, 1.82) is 0 Å². The van der Waals surface area contributed by atoms with Crippen LogP contribution in [0.25, 0.3) is 0 Å². The number of rotatable bonds is 15. The molecule has 0 aliphatic carbocycles. The van der Waals surface area contributed by atoms with Crippen molar-refractivity contribution >= 4 is 24.4 Å². The smallest absolute Gasteiger partial charge is 0.458 e. The fourth-order valence-corrected chi connectivity index (χ4v) is 2.93.